The normalized spacial score (nSPS) is 17.4. The second-order valence-corrected chi connectivity index (χ2v) is 5.59. The number of carbonyl (C=O) groups is 1. The van der Waals surface area contributed by atoms with Crippen molar-refractivity contribution in [3.8, 4) is 5.75 Å². The fraction of sp³-hybridized carbons (Fsp3) is 0.533. The van der Waals surface area contributed by atoms with Crippen molar-refractivity contribution in [3.63, 3.8) is 0 Å². The van der Waals surface area contributed by atoms with E-state index in [-0.39, 0.29) is 11.7 Å². The van der Waals surface area contributed by atoms with Crippen molar-refractivity contribution in [2.75, 3.05) is 13.6 Å². The highest BCUT2D eigenvalue weighted by molar-refractivity contribution is 5.94. The second-order valence-electron chi connectivity index (χ2n) is 5.59. The molecule has 2 rings (SSSR count). The quantitative estimate of drug-likeness (QED) is 0.877. The number of phenols is 1. The maximum absolute atomic E-state index is 12.3. The molecule has 1 fully saturated rings. The minimum absolute atomic E-state index is 0.122. The summed E-state index contributed by atoms with van der Waals surface area (Å²) in [6.07, 6.45) is 3.58. The smallest absolute Gasteiger partial charge is 0.253 e. The Morgan fingerprint density at radius 2 is 2.00 bits per heavy atom. The van der Waals surface area contributed by atoms with Gasteiger partial charge < -0.3 is 15.1 Å². The summed E-state index contributed by atoms with van der Waals surface area (Å²) in [7, 11) is 1.71. The molecule has 0 aliphatic heterocycles. The van der Waals surface area contributed by atoms with E-state index in [0.29, 0.717) is 17.7 Å². The number of amides is 1. The zero-order valence-corrected chi connectivity index (χ0v) is 11.5. The molecule has 0 unspecified atom stereocenters. The number of carbonyl (C=O) groups excluding carboxylic acids is 1. The van der Waals surface area contributed by atoms with Crippen LogP contribution in [0.5, 0.6) is 5.75 Å². The summed E-state index contributed by atoms with van der Waals surface area (Å²) in [4.78, 5) is 13.8. The van der Waals surface area contributed by atoms with Crippen molar-refractivity contribution in [1.82, 2.24) is 4.90 Å². The number of nitrogens with zero attached hydrogens (tertiary/aromatic N) is 1. The molecule has 1 saturated carbocycles. The first kappa shape index (κ1) is 13.9. The lowest BCUT2D eigenvalue weighted by Crippen LogP contribution is -2.42. The number of aryl methyl sites for hydroxylation is 1. The van der Waals surface area contributed by atoms with E-state index >= 15 is 0 Å². The van der Waals surface area contributed by atoms with E-state index < -0.39 is 5.60 Å². The maximum Gasteiger partial charge on any atom is 0.253 e. The largest absolute Gasteiger partial charge is 0.508 e. The van der Waals surface area contributed by atoms with E-state index in [1.54, 1.807) is 31.0 Å². The molecule has 0 bridgehead atoms. The summed E-state index contributed by atoms with van der Waals surface area (Å²) in [6.45, 7) is 2.13. The summed E-state index contributed by atoms with van der Waals surface area (Å²) >= 11 is 0. The Morgan fingerprint density at radius 1 is 1.37 bits per heavy atom. The van der Waals surface area contributed by atoms with Gasteiger partial charge in [0.2, 0.25) is 0 Å². The molecule has 1 aliphatic carbocycles. The Bertz CT molecular complexity index is 478. The van der Waals surface area contributed by atoms with E-state index in [4.69, 9.17) is 0 Å². The van der Waals surface area contributed by atoms with E-state index in [1.807, 2.05) is 0 Å². The first-order chi connectivity index (χ1) is 8.91. The number of likely N-dealkylation sites (N-methyl/N-ethyl adjacent to an activating group) is 1. The monoisotopic (exact) mass is 263 g/mol. The summed E-state index contributed by atoms with van der Waals surface area (Å²) < 4.78 is 0. The van der Waals surface area contributed by atoms with Crippen LogP contribution < -0.4 is 0 Å². The summed E-state index contributed by atoms with van der Waals surface area (Å²) in [5.41, 5.74) is 0.495. The Kier molecular flexibility index (Phi) is 3.80. The molecule has 1 aliphatic rings. The highest BCUT2D eigenvalue weighted by Gasteiger charge is 2.33. The third-order valence-electron chi connectivity index (χ3n) is 3.86. The van der Waals surface area contributed by atoms with Crippen LogP contribution in [0.3, 0.4) is 0 Å². The summed E-state index contributed by atoms with van der Waals surface area (Å²) in [6, 6.07) is 4.81. The molecule has 0 radical (unpaired) electrons. The van der Waals surface area contributed by atoms with Crippen molar-refractivity contribution >= 4 is 5.91 Å². The van der Waals surface area contributed by atoms with Gasteiger partial charge in [0.15, 0.2) is 0 Å². The Balaban J connectivity index is 2.08. The van der Waals surface area contributed by atoms with Gasteiger partial charge in [-0.25, -0.2) is 0 Å². The first-order valence-corrected chi connectivity index (χ1v) is 6.69. The van der Waals surface area contributed by atoms with Crippen LogP contribution in [0.4, 0.5) is 0 Å². The minimum Gasteiger partial charge on any atom is -0.508 e. The molecule has 1 aromatic carbocycles. The number of rotatable bonds is 3. The van der Waals surface area contributed by atoms with E-state index in [2.05, 4.69) is 0 Å². The van der Waals surface area contributed by atoms with Crippen LogP contribution in [-0.4, -0.2) is 40.2 Å². The molecule has 0 spiro atoms. The van der Waals surface area contributed by atoms with Gasteiger partial charge in [0, 0.05) is 19.2 Å². The molecule has 4 heteroatoms. The minimum atomic E-state index is -0.726. The maximum atomic E-state index is 12.3. The van der Waals surface area contributed by atoms with Crippen molar-refractivity contribution in [2.45, 2.75) is 38.2 Å². The Morgan fingerprint density at radius 3 is 2.58 bits per heavy atom. The highest BCUT2D eigenvalue weighted by atomic mass is 16.3. The van der Waals surface area contributed by atoms with Gasteiger partial charge in [-0.15, -0.1) is 0 Å². The van der Waals surface area contributed by atoms with Gasteiger partial charge in [0.25, 0.3) is 5.91 Å². The molecular weight excluding hydrogens is 242 g/mol. The molecule has 0 atom stereocenters. The van der Waals surface area contributed by atoms with Crippen LogP contribution in [0.2, 0.25) is 0 Å². The van der Waals surface area contributed by atoms with Gasteiger partial charge in [-0.05, 0) is 43.5 Å². The van der Waals surface area contributed by atoms with E-state index in [1.165, 1.54) is 6.07 Å². The van der Waals surface area contributed by atoms with Crippen LogP contribution in [0.1, 0.15) is 41.6 Å². The number of phenolic OH excluding ortho intramolecular Hbond substituents is 1. The van der Waals surface area contributed by atoms with Gasteiger partial charge in [0.1, 0.15) is 5.75 Å². The average molecular weight is 263 g/mol. The van der Waals surface area contributed by atoms with Crippen molar-refractivity contribution < 1.29 is 15.0 Å². The van der Waals surface area contributed by atoms with E-state index in [9.17, 15) is 15.0 Å². The number of hydrogen-bond acceptors (Lipinski definition) is 3. The average Bonchev–Trinajstić information content (AvgIpc) is 2.78. The van der Waals surface area contributed by atoms with Crippen LogP contribution in [0, 0.1) is 6.92 Å². The molecular formula is C15H21NO3. The van der Waals surface area contributed by atoms with Crippen molar-refractivity contribution in [3.05, 3.63) is 29.3 Å². The number of aliphatic hydroxyl groups is 1. The van der Waals surface area contributed by atoms with E-state index in [0.717, 1.165) is 25.7 Å². The fourth-order valence-electron chi connectivity index (χ4n) is 2.71. The highest BCUT2D eigenvalue weighted by Crippen LogP contribution is 2.30. The first-order valence-electron chi connectivity index (χ1n) is 6.69. The van der Waals surface area contributed by atoms with Crippen LogP contribution in [0.15, 0.2) is 18.2 Å². The summed E-state index contributed by atoms with van der Waals surface area (Å²) in [5.74, 6) is 0.0667. The molecule has 19 heavy (non-hydrogen) atoms. The van der Waals surface area contributed by atoms with Crippen LogP contribution in [0.25, 0.3) is 0 Å². The second kappa shape index (κ2) is 5.21. The zero-order chi connectivity index (χ0) is 14.0. The molecule has 1 amide bonds. The van der Waals surface area contributed by atoms with Gasteiger partial charge in [-0.3, -0.25) is 4.79 Å². The molecule has 4 nitrogen and oxygen atoms in total. The molecule has 104 valence electrons. The van der Waals surface area contributed by atoms with Crippen molar-refractivity contribution in [2.24, 2.45) is 0 Å². The van der Waals surface area contributed by atoms with Gasteiger partial charge in [-0.2, -0.15) is 0 Å². The van der Waals surface area contributed by atoms with Crippen molar-refractivity contribution in [1.29, 1.82) is 0 Å². The van der Waals surface area contributed by atoms with Gasteiger partial charge in [0.05, 0.1) is 5.60 Å². The third kappa shape index (κ3) is 3.07. The predicted molar refractivity (Wildman–Crippen MR) is 73.2 cm³/mol. The topological polar surface area (TPSA) is 60.8 Å². The SMILES string of the molecule is Cc1cc(C(=O)N(C)CC2(O)CCCC2)ccc1O. The number of benzene rings is 1. The molecule has 2 N–H and O–H groups in total. The lowest BCUT2D eigenvalue weighted by Gasteiger charge is -2.28. The molecule has 0 saturated heterocycles. The predicted octanol–water partition coefficient (Wildman–Crippen LogP) is 2.08. The molecule has 0 heterocycles. The fourth-order valence-corrected chi connectivity index (χ4v) is 2.71. The Hall–Kier alpha value is -1.55. The molecule has 0 aromatic heterocycles. The lowest BCUT2D eigenvalue weighted by molar-refractivity contribution is 0.0157. The number of hydrogen-bond donors (Lipinski definition) is 2. The lowest BCUT2D eigenvalue weighted by atomic mass is 10.0. The van der Waals surface area contributed by atoms with Crippen LogP contribution in [-0.2, 0) is 0 Å². The Labute approximate surface area is 113 Å². The third-order valence-corrected chi connectivity index (χ3v) is 3.86. The van der Waals surface area contributed by atoms with Gasteiger partial charge in [-0.1, -0.05) is 12.8 Å². The summed E-state index contributed by atoms with van der Waals surface area (Å²) in [5, 5.41) is 19.8. The molecule has 1 aromatic rings. The van der Waals surface area contributed by atoms with Gasteiger partial charge >= 0.3 is 0 Å². The van der Waals surface area contributed by atoms with Crippen LogP contribution >= 0.6 is 0 Å². The number of aromatic hydroxyl groups is 1. The zero-order valence-electron chi connectivity index (χ0n) is 11.5. The standard InChI is InChI=1S/C15H21NO3/c1-11-9-12(5-6-13(11)17)14(18)16(2)10-15(19)7-3-4-8-15/h5-6,9,17,19H,3-4,7-8,10H2,1-2H3.